The minimum absolute atomic E-state index is 0.184. The maximum absolute atomic E-state index is 5.87. The zero-order valence-corrected chi connectivity index (χ0v) is 12.4. The Balaban J connectivity index is 2.39. The van der Waals surface area contributed by atoms with E-state index in [9.17, 15) is 0 Å². The topological polar surface area (TPSA) is 92.5 Å². The van der Waals surface area contributed by atoms with Gasteiger partial charge in [-0.25, -0.2) is 9.98 Å². The molecule has 2 rings (SSSR count). The van der Waals surface area contributed by atoms with Gasteiger partial charge in [-0.1, -0.05) is 19.9 Å². The Morgan fingerprint density at radius 1 is 1.35 bits per heavy atom. The first kappa shape index (κ1) is 14.4. The number of aryl methyl sites for hydroxylation is 1. The number of nitrogens with two attached hydrogens (primary N) is 2. The van der Waals surface area contributed by atoms with Crippen LogP contribution in [0.3, 0.4) is 0 Å². The highest BCUT2D eigenvalue weighted by Crippen LogP contribution is 2.32. The summed E-state index contributed by atoms with van der Waals surface area (Å²) < 4.78 is 0. The van der Waals surface area contributed by atoms with Crippen LogP contribution in [0.2, 0.25) is 0 Å². The third-order valence-electron chi connectivity index (χ3n) is 3.81. The van der Waals surface area contributed by atoms with Gasteiger partial charge in [-0.05, 0) is 30.9 Å². The molecule has 0 aliphatic carbocycles. The number of aliphatic imine (C=N–C) groups is 2. The number of hydrogen-bond donors (Lipinski definition) is 3. The Labute approximate surface area is 119 Å². The molecule has 1 aliphatic rings. The molecule has 0 spiro atoms. The molecule has 108 valence electrons. The Morgan fingerprint density at radius 3 is 2.70 bits per heavy atom. The summed E-state index contributed by atoms with van der Waals surface area (Å²) in [5, 5.41) is 0. The van der Waals surface area contributed by atoms with E-state index in [0.717, 1.165) is 18.5 Å². The van der Waals surface area contributed by atoms with Crippen LogP contribution in [0.4, 0.5) is 0 Å². The minimum Gasteiger partial charge on any atom is -0.387 e. The average molecular weight is 273 g/mol. The first-order valence-corrected chi connectivity index (χ1v) is 7.04. The van der Waals surface area contributed by atoms with Crippen LogP contribution in [-0.4, -0.2) is 16.8 Å². The highest BCUT2D eigenvalue weighted by Gasteiger charge is 2.19. The van der Waals surface area contributed by atoms with Crippen LogP contribution >= 0.6 is 0 Å². The summed E-state index contributed by atoms with van der Waals surface area (Å²) in [7, 11) is 0. The van der Waals surface area contributed by atoms with E-state index >= 15 is 0 Å². The van der Waals surface area contributed by atoms with Gasteiger partial charge in [-0.2, -0.15) is 0 Å². The van der Waals surface area contributed by atoms with E-state index in [2.05, 4.69) is 34.9 Å². The zero-order chi connectivity index (χ0) is 14.7. The van der Waals surface area contributed by atoms with E-state index in [1.54, 1.807) is 0 Å². The Kier molecular flexibility index (Phi) is 4.27. The summed E-state index contributed by atoms with van der Waals surface area (Å²) in [5.74, 6) is 1.21. The van der Waals surface area contributed by atoms with Crippen LogP contribution in [0.15, 0.2) is 34.2 Å². The SMILES string of the molecule is CCC(C1=CCC(C)C(N)=NC(N)=N1)c1c[nH]cc1C. The largest absolute Gasteiger partial charge is 0.387 e. The fourth-order valence-corrected chi connectivity index (χ4v) is 2.50. The summed E-state index contributed by atoms with van der Waals surface area (Å²) in [6.07, 6.45) is 7.99. The second-order valence-corrected chi connectivity index (χ2v) is 5.33. The Hall–Kier alpha value is -2.04. The Morgan fingerprint density at radius 2 is 2.10 bits per heavy atom. The molecule has 5 N–H and O–H groups in total. The monoisotopic (exact) mass is 273 g/mol. The number of H-pyrrole nitrogens is 1. The minimum atomic E-state index is 0.184. The van der Waals surface area contributed by atoms with Crippen molar-refractivity contribution >= 4 is 11.8 Å². The Bertz CT molecular complexity index is 565. The summed E-state index contributed by atoms with van der Waals surface area (Å²) in [4.78, 5) is 11.8. The highest BCUT2D eigenvalue weighted by molar-refractivity contribution is 5.96. The van der Waals surface area contributed by atoms with E-state index in [-0.39, 0.29) is 17.8 Å². The van der Waals surface area contributed by atoms with Crippen molar-refractivity contribution in [3.8, 4) is 0 Å². The molecule has 1 aliphatic heterocycles. The van der Waals surface area contributed by atoms with Crippen molar-refractivity contribution in [3.05, 3.63) is 35.3 Å². The molecule has 1 aromatic rings. The van der Waals surface area contributed by atoms with Crippen LogP contribution in [-0.2, 0) is 0 Å². The molecule has 0 amide bonds. The maximum atomic E-state index is 5.87. The number of guanidine groups is 1. The molecule has 5 nitrogen and oxygen atoms in total. The fourth-order valence-electron chi connectivity index (χ4n) is 2.50. The fraction of sp³-hybridized carbons (Fsp3) is 0.467. The van der Waals surface area contributed by atoms with Gasteiger partial charge >= 0.3 is 0 Å². The molecule has 2 atom stereocenters. The second-order valence-electron chi connectivity index (χ2n) is 5.33. The molecule has 20 heavy (non-hydrogen) atoms. The van der Waals surface area contributed by atoms with Crippen molar-refractivity contribution in [2.75, 3.05) is 0 Å². The van der Waals surface area contributed by atoms with Gasteiger partial charge in [0.05, 0.1) is 0 Å². The van der Waals surface area contributed by atoms with E-state index in [4.69, 9.17) is 11.5 Å². The highest BCUT2D eigenvalue weighted by atomic mass is 15.1. The van der Waals surface area contributed by atoms with Crippen LogP contribution < -0.4 is 11.5 Å². The zero-order valence-electron chi connectivity index (χ0n) is 12.4. The van der Waals surface area contributed by atoms with Crippen LogP contribution in [0.5, 0.6) is 0 Å². The lowest BCUT2D eigenvalue weighted by molar-refractivity contribution is 0.716. The van der Waals surface area contributed by atoms with Crippen molar-refractivity contribution in [3.63, 3.8) is 0 Å². The van der Waals surface area contributed by atoms with E-state index < -0.39 is 0 Å². The number of aromatic amines is 1. The maximum Gasteiger partial charge on any atom is 0.221 e. The first-order valence-electron chi connectivity index (χ1n) is 7.04. The molecule has 0 radical (unpaired) electrons. The summed E-state index contributed by atoms with van der Waals surface area (Å²) >= 11 is 0. The van der Waals surface area contributed by atoms with Gasteiger partial charge < -0.3 is 16.5 Å². The standard InChI is InChI=1S/C15H23N5/c1-4-11(12-8-18-7-10(12)3)13-6-5-9(2)14(16)20-15(17)19-13/h6-9,11,18H,4-5H2,1-3H3,(H4,16,17,19,20). The van der Waals surface area contributed by atoms with Crippen molar-refractivity contribution in [1.82, 2.24) is 4.98 Å². The van der Waals surface area contributed by atoms with Crippen molar-refractivity contribution < 1.29 is 0 Å². The van der Waals surface area contributed by atoms with Gasteiger partial charge in [0.1, 0.15) is 5.84 Å². The van der Waals surface area contributed by atoms with Crippen LogP contribution in [0.25, 0.3) is 0 Å². The van der Waals surface area contributed by atoms with Gasteiger partial charge in [-0.15, -0.1) is 0 Å². The number of allylic oxidation sites excluding steroid dienone is 2. The molecule has 0 saturated carbocycles. The summed E-state index contributed by atoms with van der Waals surface area (Å²) in [5.41, 5.74) is 15.2. The molecule has 0 aromatic carbocycles. The van der Waals surface area contributed by atoms with Gasteiger partial charge in [0.15, 0.2) is 0 Å². The third kappa shape index (κ3) is 2.92. The van der Waals surface area contributed by atoms with Crippen molar-refractivity contribution in [2.45, 2.75) is 39.5 Å². The van der Waals surface area contributed by atoms with E-state index in [1.165, 1.54) is 11.1 Å². The third-order valence-corrected chi connectivity index (χ3v) is 3.81. The molecule has 0 saturated heterocycles. The van der Waals surface area contributed by atoms with Crippen LogP contribution in [0, 0.1) is 12.8 Å². The lowest BCUT2D eigenvalue weighted by Crippen LogP contribution is -2.26. The average Bonchev–Trinajstić information content (AvgIpc) is 2.81. The molecular weight excluding hydrogens is 250 g/mol. The lowest BCUT2D eigenvalue weighted by atomic mass is 9.91. The van der Waals surface area contributed by atoms with Gasteiger partial charge in [0.25, 0.3) is 0 Å². The van der Waals surface area contributed by atoms with Crippen LogP contribution in [0.1, 0.15) is 43.7 Å². The molecular formula is C15H23N5. The molecule has 0 bridgehead atoms. The number of nitrogens with zero attached hydrogens (tertiary/aromatic N) is 2. The number of amidine groups is 1. The van der Waals surface area contributed by atoms with Crippen molar-refractivity contribution in [2.24, 2.45) is 27.4 Å². The number of hydrogen-bond acceptors (Lipinski definition) is 4. The first-order chi connectivity index (χ1) is 9.52. The predicted octanol–water partition coefficient (Wildman–Crippen LogP) is 2.41. The molecule has 5 heteroatoms. The normalized spacial score (nSPS) is 21.4. The van der Waals surface area contributed by atoms with Crippen molar-refractivity contribution in [1.29, 1.82) is 0 Å². The number of aromatic nitrogens is 1. The predicted molar refractivity (Wildman–Crippen MR) is 83.7 cm³/mol. The van der Waals surface area contributed by atoms with Gasteiger partial charge in [0, 0.05) is 29.9 Å². The molecule has 2 heterocycles. The molecule has 1 aromatic heterocycles. The number of rotatable bonds is 3. The second kappa shape index (κ2) is 5.94. The molecule has 0 fully saturated rings. The smallest absolute Gasteiger partial charge is 0.221 e. The summed E-state index contributed by atoms with van der Waals surface area (Å²) in [6.45, 7) is 6.31. The van der Waals surface area contributed by atoms with Gasteiger partial charge in [0.2, 0.25) is 5.96 Å². The summed E-state index contributed by atoms with van der Waals surface area (Å²) in [6, 6.07) is 0. The lowest BCUT2D eigenvalue weighted by Gasteiger charge is -2.19. The number of nitrogens with one attached hydrogen (secondary N) is 1. The molecule has 2 unspecified atom stereocenters. The van der Waals surface area contributed by atoms with E-state index in [0.29, 0.717) is 5.84 Å². The van der Waals surface area contributed by atoms with E-state index in [1.807, 2.05) is 19.3 Å². The van der Waals surface area contributed by atoms with Gasteiger partial charge in [-0.3, -0.25) is 0 Å². The quantitative estimate of drug-likeness (QED) is 0.789.